The third-order valence-electron chi connectivity index (χ3n) is 7.68. The van der Waals surface area contributed by atoms with Crippen LogP contribution >= 0.6 is 0 Å². The number of likely N-dealkylation sites (N-methyl/N-ethyl adjacent to an activating group) is 1. The molecule has 30 heavy (non-hydrogen) atoms. The molecule has 2 saturated heterocycles. The van der Waals surface area contributed by atoms with Crippen LogP contribution in [0.15, 0.2) is 24.3 Å². The summed E-state index contributed by atoms with van der Waals surface area (Å²) in [5.41, 5.74) is 2.81. The lowest BCUT2D eigenvalue weighted by molar-refractivity contribution is -0.134. The van der Waals surface area contributed by atoms with Crippen LogP contribution in [0.1, 0.15) is 57.6 Å². The van der Waals surface area contributed by atoms with Gasteiger partial charge in [-0.3, -0.25) is 14.5 Å². The van der Waals surface area contributed by atoms with Crippen molar-refractivity contribution in [3.63, 3.8) is 0 Å². The Morgan fingerprint density at radius 1 is 1.17 bits per heavy atom. The third kappa shape index (κ3) is 4.26. The van der Waals surface area contributed by atoms with Crippen LogP contribution in [0.2, 0.25) is 0 Å². The molecule has 2 amide bonds. The first-order valence-electron chi connectivity index (χ1n) is 11.4. The van der Waals surface area contributed by atoms with E-state index in [1.807, 2.05) is 11.9 Å². The maximum Gasteiger partial charge on any atom is 0.236 e. The minimum atomic E-state index is 0. The first kappa shape index (κ1) is 21.3. The van der Waals surface area contributed by atoms with Crippen molar-refractivity contribution in [1.29, 1.82) is 0 Å². The average molecular weight is 415 g/mol. The number of piperidine rings is 2. The lowest BCUT2D eigenvalue weighted by Gasteiger charge is -2.41. The molecule has 1 aliphatic carbocycles. The number of amides is 2. The molecule has 4 rings (SSSR count). The Balaban J connectivity index is 0.00000272. The number of hydrogen-bond acceptors (Lipinski definition) is 4. The van der Waals surface area contributed by atoms with E-state index in [1.165, 1.54) is 11.1 Å². The lowest BCUT2D eigenvalue weighted by Crippen LogP contribution is -2.50. The summed E-state index contributed by atoms with van der Waals surface area (Å²) in [6.07, 6.45) is 5.21. The van der Waals surface area contributed by atoms with E-state index in [0.717, 1.165) is 58.3 Å². The molecular weight excluding hydrogens is 376 g/mol. The van der Waals surface area contributed by atoms with Gasteiger partial charge < -0.3 is 15.1 Å². The zero-order valence-electron chi connectivity index (χ0n) is 18.7. The van der Waals surface area contributed by atoms with Gasteiger partial charge in [-0.2, -0.15) is 0 Å². The summed E-state index contributed by atoms with van der Waals surface area (Å²) < 4.78 is 0. The van der Waals surface area contributed by atoms with Gasteiger partial charge in [-0.05, 0) is 76.5 Å². The summed E-state index contributed by atoms with van der Waals surface area (Å²) in [7, 11) is 4.13. The SMILES string of the molecule is CC(=O)N[C@H]1CC2(CCN(CC(=O)N(C)C3CCN(C)CC3)CC2)c2ccccc21.[HH]. The van der Waals surface area contributed by atoms with E-state index in [4.69, 9.17) is 0 Å². The summed E-state index contributed by atoms with van der Waals surface area (Å²) in [5.74, 6) is 0.287. The van der Waals surface area contributed by atoms with Gasteiger partial charge in [0.1, 0.15) is 0 Å². The second-order valence-electron chi connectivity index (χ2n) is 9.64. The predicted molar refractivity (Wildman–Crippen MR) is 120 cm³/mol. The minimum Gasteiger partial charge on any atom is -0.349 e. The van der Waals surface area contributed by atoms with Gasteiger partial charge in [-0.1, -0.05) is 24.3 Å². The Kier molecular flexibility index (Phi) is 6.16. The molecule has 0 radical (unpaired) electrons. The number of hydrogen-bond donors (Lipinski definition) is 1. The molecule has 6 heteroatoms. The van der Waals surface area contributed by atoms with Crippen molar-refractivity contribution in [2.45, 2.75) is 56.5 Å². The molecule has 2 aliphatic heterocycles. The van der Waals surface area contributed by atoms with Gasteiger partial charge in [-0.15, -0.1) is 0 Å². The molecule has 0 unspecified atom stereocenters. The smallest absolute Gasteiger partial charge is 0.236 e. The van der Waals surface area contributed by atoms with E-state index >= 15 is 0 Å². The Morgan fingerprint density at radius 2 is 1.83 bits per heavy atom. The second-order valence-corrected chi connectivity index (χ2v) is 9.64. The molecule has 166 valence electrons. The Bertz CT molecular complexity index is 786. The molecule has 2 heterocycles. The highest BCUT2D eigenvalue weighted by Gasteiger charge is 2.45. The molecular formula is C24H38N4O2. The summed E-state index contributed by atoms with van der Waals surface area (Å²) in [6.45, 7) is 6.15. The molecule has 1 spiro atoms. The van der Waals surface area contributed by atoms with Crippen molar-refractivity contribution in [2.75, 3.05) is 46.8 Å². The normalized spacial score (nSPS) is 24.6. The zero-order valence-corrected chi connectivity index (χ0v) is 18.7. The van der Waals surface area contributed by atoms with Gasteiger partial charge >= 0.3 is 0 Å². The van der Waals surface area contributed by atoms with Crippen molar-refractivity contribution < 1.29 is 11.0 Å². The van der Waals surface area contributed by atoms with Gasteiger partial charge in [0.15, 0.2) is 0 Å². The maximum absolute atomic E-state index is 12.9. The van der Waals surface area contributed by atoms with Crippen molar-refractivity contribution >= 4 is 11.8 Å². The van der Waals surface area contributed by atoms with Crippen molar-refractivity contribution in [1.82, 2.24) is 20.0 Å². The first-order valence-corrected chi connectivity index (χ1v) is 11.4. The average Bonchev–Trinajstić information content (AvgIpc) is 3.02. The molecule has 0 aromatic heterocycles. The number of benzene rings is 1. The van der Waals surface area contributed by atoms with E-state index in [-0.39, 0.29) is 24.7 Å². The van der Waals surface area contributed by atoms with Crippen LogP contribution in [0, 0.1) is 0 Å². The van der Waals surface area contributed by atoms with Gasteiger partial charge in [-0.25, -0.2) is 0 Å². The third-order valence-corrected chi connectivity index (χ3v) is 7.68. The molecule has 1 aromatic carbocycles. The lowest BCUT2D eigenvalue weighted by atomic mass is 9.73. The van der Waals surface area contributed by atoms with Crippen LogP contribution in [-0.2, 0) is 15.0 Å². The van der Waals surface area contributed by atoms with Gasteiger partial charge in [0, 0.05) is 26.9 Å². The number of likely N-dealkylation sites (tertiary alicyclic amines) is 2. The van der Waals surface area contributed by atoms with Crippen LogP contribution in [-0.4, -0.2) is 79.4 Å². The molecule has 0 bridgehead atoms. The summed E-state index contributed by atoms with van der Waals surface area (Å²) in [5, 5.41) is 3.15. The second kappa shape index (κ2) is 8.67. The molecule has 3 aliphatic rings. The fraction of sp³-hybridized carbons (Fsp3) is 0.667. The van der Waals surface area contributed by atoms with E-state index < -0.39 is 0 Å². The van der Waals surface area contributed by atoms with Gasteiger partial charge in [0.25, 0.3) is 0 Å². The molecule has 0 saturated carbocycles. The number of carbonyl (C=O) groups is 2. The maximum atomic E-state index is 12.9. The van der Waals surface area contributed by atoms with Crippen LogP contribution in [0.25, 0.3) is 0 Å². The van der Waals surface area contributed by atoms with Gasteiger partial charge in [0.2, 0.25) is 11.8 Å². The molecule has 2 fully saturated rings. The summed E-state index contributed by atoms with van der Waals surface area (Å²) in [4.78, 5) is 31.3. The van der Waals surface area contributed by atoms with Crippen molar-refractivity contribution in [2.24, 2.45) is 0 Å². The highest BCUT2D eigenvalue weighted by atomic mass is 16.2. The molecule has 1 atom stereocenters. The fourth-order valence-corrected chi connectivity index (χ4v) is 5.77. The van der Waals surface area contributed by atoms with Crippen LogP contribution < -0.4 is 5.32 Å². The van der Waals surface area contributed by atoms with E-state index in [0.29, 0.717) is 12.6 Å². The highest BCUT2D eigenvalue weighted by Crippen LogP contribution is 2.50. The monoisotopic (exact) mass is 414 g/mol. The van der Waals surface area contributed by atoms with Gasteiger partial charge in [0.05, 0.1) is 12.6 Å². The topological polar surface area (TPSA) is 55.9 Å². The predicted octanol–water partition coefficient (Wildman–Crippen LogP) is 2.40. The Hall–Kier alpha value is -1.92. The fourth-order valence-electron chi connectivity index (χ4n) is 5.77. The number of fused-ring (bicyclic) bond motifs is 2. The van der Waals surface area contributed by atoms with Crippen molar-refractivity contribution in [3.8, 4) is 0 Å². The number of rotatable bonds is 4. The summed E-state index contributed by atoms with van der Waals surface area (Å²) in [6, 6.07) is 9.08. The summed E-state index contributed by atoms with van der Waals surface area (Å²) >= 11 is 0. The molecule has 1 N–H and O–H groups in total. The minimum absolute atomic E-state index is 0. The quantitative estimate of drug-likeness (QED) is 0.822. The van der Waals surface area contributed by atoms with E-state index in [9.17, 15) is 9.59 Å². The number of nitrogens with zero attached hydrogens (tertiary/aromatic N) is 3. The van der Waals surface area contributed by atoms with Crippen LogP contribution in [0.3, 0.4) is 0 Å². The zero-order chi connectivity index (χ0) is 21.3. The van der Waals surface area contributed by atoms with Crippen molar-refractivity contribution in [3.05, 3.63) is 35.4 Å². The number of carbonyl (C=O) groups excluding carboxylic acids is 2. The van der Waals surface area contributed by atoms with E-state index in [1.54, 1.807) is 6.92 Å². The Labute approximate surface area is 182 Å². The highest BCUT2D eigenvalue weighted by molar-refractivity contribution is 5.78. The first-order chi connectivity index (χ1) is 14.4. The molecule has 1 aromatic rings. The Morgan fingerprint density at radius 3 is 2.50 bits per heavy atom. The van der Waals surface area contributed by atoms with Crippen LogP contribution in [0.4, 0.5) is 0 Å². The molecule has 6 nitrogen and oxygen atoms in total. The largest absolute Gasteiger partial charge is 0.349 e. The van der Waals surface area contributed by atoms with E-state index in [2.05, 4.69) is 46.4 Å². The number of nitrogens with one attached hydrogen (secondary N) is 1. The van der Waals surface area contributed by atoms with Crippen LogP contribution in [0.5, 0.6) is 0 Å². The standard InChI is InChI=1S/C24H36N4O2.H2/c1-18(29)25-22-16-24(21-7-5-4-6-20(21)22)10-14-28(15-11-24)17-23(30)27(3)19-8-12-26(2)13-9-19;/h4-7,19,22H,8-17H2,1-3H3,(H,25,29);1H/t22-;/m0./s1.